The number of phenols is 1. The van der Waals surface area contributed by atoms with Crippen molar-refractivity contribution in [3.8, 4) is 11.5 Å². The maximum absolute atomic E-state index is 14.1. The number of nitro groups is 1. The number of aromatic hydroxyl groups is 1. The number of phenolic OH excluding ortho intramolecular Hbond substituents is 1. The number of non-ortho nitro benzene ring substituents is 1. The summed E-state index contributed by atoms with van der Waals surface area (Å²) in [6.45, 7) is 0. The van der Waals surface area contributed by atoms with Crippen LogP contribution in [0.5, 0.6) is 11.5 Å². The van der Waals surface area contributed by atoms with E-state index in [4.69, 9.17) is 9.57 Å². The van der Waals surface area contributed by atoms with E-state index in [0.717, 1.165) is 15.7 Å². The maximum atomic E-state index is 14.1. The van der Waals surface area contributed by atoms with Crippen LogP contribution >= 0.6 is 15.9 Å². The van der Waals surface area contributed by atoms with Gasteiger partial charge in [0, 0.05) is 17.5 Å². The second-order valence-electron chi connectivity index (χ2n) is 9.16. The van der Waals surface area contributed by atoms with Gasteiger partial charge in [0.15, 0.2) is 17.6 Å². The Bertz CT molecular complexity index is 1670. The van der Waals surface area contributed by atoms with Gasteiger partial charge in [0.05, 0.1) is 33.9 Å². The highest BCUT2D eigenvalue weighted by molar-refractivity contribution is 9.10. The van der Waals surface area contributed by atoms with E-state index >= 15 is 0 Å². The molecule has 0 spiro atoms. The van der Waals surface area contributed by atoms with Crippen molar-refractivity contribution in [2.24, 2.45) is 5.92 Å². The topological polar surface area (TPSA) is 122 Å². The van der Waals surface area contributed by atoms with Gasteiger partial charge in [-0.1, -0.05) is 42.5 Å². The molecule has 3 atom stereocenters. The number of amides is 2. The molecule has 2 aliphatic heterocycles. The van der Waals surface area contributed by atoms with Crippen LogP contribution in [-0.4, -0.2) is 35.1 Å². The van der Waals surface area contributed by atoms with Gasteiger partial charge >= 0.3 is 0 Å². The first-order chi connectivity index (χ1) is 18.8. The monoisotopic (exact) mass is 589 g/mol. The first-order valence-corrected chi connectivity index (χ1v) is 12.7. The molecular formula is C28H20BrN3O7. The number of methoxy groups -OCH3 is 1. The molecule has 0 aromatic heterocycles. The fourth-order valence-corrected chi connectivity index (χ4v) is 5.74. The normalized spacial score (nSPS) is 20.5. The number of carbonyl (C=O) groups is 2. The third-order valence-corrected chi connectivity index (χ3v) is 7.63. The van der Waals surface area contributed by atoms with Crippen molar-refractivity contribution in [1.29, 1.82) is 0 Å². The first-order valence-electron chi connectivity index (χ1n) is 11.9. The zero-order valence-corrected chi connectivity index (χ0v) is 21.9. The van der Waals surface area contributed by atoms with Gasteiger partial charge in [0.1, 0.15) is 5.92 Å². The lowest BCUT2D eigenvalue weighted by Gasteiger charge is -2.29. The molecule has 0 saturated carbocycles. The summed E-state index contributed by atoms with van der Waals surface area (Å²) in [7, 11) is 1.39. The molecule has 6 rings (SSSR count). The Labute approximate surface area is 230 Å². The van der Waals surface area contributed by atoms with Crippen LogP contribution in [0.4, 0.5) is 17.1 Å². The summed E-state index contributed by atoms with van der Waals surface area (Å²) >= 11 is 3.33. The molecule has 196 valence electrons. The fourth-order valence-electron chi connectivity index (χ4n) is 5.28. The molecule has 2 heterocycles. The van der Waals surface area contributed by atoms with Crippen molar-refractivity contribution < 1.29 is 29.2 Å². The Balaban J connectivity index is 1.50. The van der Waals surface area contributed by atoms with Crippen LogP contribution in [0.25, 0.3) is 10.8 Å². The van der Waals surface area contributed by atoms with Crippen LogP contribution in [-0.2, 0) is 14.4 Å². The SMILES string of the molecule is COc1cc([C@H]2[C@H]3C(=O)N(c4cccc5ccccc45)C(=O)[C@@H]3ON2c2cccc([N+](=O)[O-])c2)cc(Br)c1O. The molecular weight excluding hydrogens is 570 g/mol. The summed E-state index contributed by atoms with van der Waals surface area (Å²) in [5, 5.41) is 24.8. The summed E-state index contributed by atoms with van der Waals surface area (Å²) < 4.78 is 5.63. The van der Waals surface area contributed by atoms with Crippen LogP contribution in [0, 0.1) is 16.0 Å². The lowest BCUT2D eigenvalue weighted by atomic mass is 9.90. The molecule has 2 fully saturated rings. The number of hydroxylamine groups is 1. The maximum Gasteiger partial charge on any atom is 0.271 e. The minimum Gasteiger partial charge on any atom is -0.503 e. The van der Waals surface area contributed by atoms with E-state index in [2.05, 4.69) is 15.9 Å². The molecule has 0 aliphatic carbocycles. The smallest absolute Gasteiger partial charge is 0.271 e. The first kappa shape index (κ1) is 24.8. The molecule has 2 saturated heterocycles. The highest BCUT2D eigenvalue weighted by Crippen LogP contribution is 2.50. The second kappa shape index (κ2) is 9.37. The van der Waals surface area contributed by atoms with Crippen molar-refractivity contribution in [1.82, 2.24) is 0 Å². The van der Waals surface area contributed by atoms with Crippen molar-refractivity contribution in [2.75, 3.05) is 17.1 Å². The van der Waals surface area contributed by atoms with Gasteiger partial charge in [-0.25, -0.2) is 9.96 Å². The largest absolute Gasteiger partial charge is 0.503 e. The van der Waals surface area contributed by atoms with Gasteiger partial charge in [-0.3, -0.25) is 24.5 Å². The average molecular weight is 590 g/mol. The molecule has 0 unspecified atom stereocenters. The van der Waals surface area contributed by atoms with Crippen molar-refractivity contribution in [3.05, 3.63) is 99.0 Å². The zero-order chi connectivity index (χ0) is 27.4. The minimum absolute atomic E-state index is 0.134. The molecule has 4 aromatic carbocycles. The molecule has 0 radical (unpaired) electrons. The van der Waals surface area contributed by atoms with Gasteiger partial charge in [-0.05, 0) is 51.1 Å². The number of carbonyl (C=O) groups excluding carboxylic acids is 2. The number of hydrogen-bond acceptors (Lipinski definition) is 8. The van der Waals surface area contributed by atoms with E-state index in [9.17, 15) is 24.8 Å². The van der Waals surface area contributed by atoms with Crippen molar-refractivity contribution >= 4 is 55.6 Å². The number of nitro benzene ring substituents is 1. The van der Waals surface area contributed by atoms with E-state index in [-0.39, 0.29) is 17.2 Å². The molecule has 4 aromatic rings. The van der Waals surface area contributed by atoms with E-state index < -0.39 is 34.8 Å². The molecule has 39 heavy (non-hydrogen) atoms. The van der Waals surface area contributed by atoms with Gasteiger partial charge in [0.25, 0.3) is 11.6 Å². The van der Waals surface area contributed by atoms with Gasteiger partial charge in [-0.2, -0.15) is 0 Å². The van der Waals surface area contributed by atoms with Crippen LogP contribution < -0.4 is 14.7 Å². The summed E-state index contributed by atoms with van der Waals surface area (Å²) in [6.07, 6.45) is -1.18. The molecule has 1 N–H and O–H groups in total. The Morgan fingerprint density at radius 2 is 1.74 bits per heavy atom. The van der Waals surface area contributed by atoms with Gasteiger partial charge in [0.2, 0.25) is 5.91 Å². The lowest BCUT2D eigenvalue weighted by molar-refractivity contribution is -0.384. The van der Waals surface area contributed by atoms with Gasteiger partial charge in [-0.15, -0.1) is 0 Å². The highest BCUT2D eigenvalue weighted by Gasteiger charge is 2.60. The number of nitrogens with zero attached hydrogens (tertiary/aromatic N) is 3. The Morgan fingerprint density at radius 3 is 2.51 bits per heavy atom. The number of anilines is 2. The van der Waals surface area contributed by atoms with E-state index in [1.54, 1.807) is 30.3 Å². The van der Waals surface area contributed by atoms with Gasteiger partial charge < -0.3 is 9.84 Å². The minimum atomic E-state index is -1.18. The predicted molar refractivity (Wildman–Crippen MR) is 145 cm³/mol. The summed E-state index contributed by atoms with van der Waals surface area (Å²) in [4.78, 5) is 46.1. The summed E-state index contributed by atoms with van der Waals surface area (Å²) in [5.74, 6) is -1.99. The lowest BCUT2D eigenvalue weighted by Crippen LogP contribution is -2.37. The molecule has 11 heteroatoms. The molecule has 10 nitrogen and oxygen atoms in total. The Morgan fingerprint density at radius 1 is 1.00 bits per heavy atom. The summed E-state index contributed by atoms with van der Waals surface area (Å²) in [5.41, 5.74) is 1.07. The molecule has 2 amide bonds. The molecule has 2 aliphatic rings. The van der Waals surface area contributed by atoms with Crippen LogP contribution in [0.3, 0.4) is 0 Å². The highest BCUT2D eigenvalue weighted by atomic mass is 79.9. The summed E-state index contributed by atoms with van der Waals surface area (Å²) in [6, 6.07) is 20.9. The van der Waals surface area contributed by atoms with Crippen LogP contribution in [0.1, 0.15) is 11.6 Å². The number of hydrogen-bond donors (Lipinski definition) is 1. The zero-order valence-electron chi connectivity index (χ0n) is 20.4. The quantitative estimate of drug-likeness (QED) is 0.189. The second-order valence-corrected chi connectivity index (χ2v) is 10.0. The number of ether oxygens (including phenoxy) is 1. The number of imide groups is 1. The molecule has 0 bridgehead atoms. The van der Waals surface area contributed by atoms with Crippen molar-refractivity contribution in [2.45, 2.75) is 12.1 Å². The number of fused-ring (bicyclic) bond motifs is 2. The van der Waals surface area contributed by atoms with E-state index in [0.29, 0.717) is 21.4 Å². The van der Waals surface area contributed by atoms with Crippen LogP contribution in [0.2, 0.25) is 0 Å². The Hall–Kier alpha value is -4.48. The number of benzene rings is 4. The third kappa shape index (κ3) is 3.89. The van der Waals surface area contributed by atoms with Crippen LogP contribution in [0.15, 0.2) is 83.3 Å². The van der Waals surface area contributed by atoms with E-state index in [1.807, 2.05) is 30.3 Å². The number of halogens is 1. The Kier molecular flexibility index (Phi) is 5.96. The fraction of sp³-hybridized carbons (Fsp3) is 0.143. The standard InChI is InChI=1S/C28H20BrN3O7/c1-38-22-13-16(12-20(29)25(22)33)24-23-26(39-31(24)17-8-5-9-18(14-17)32(36)37)28(35)30(27(23)34)21-11-4-7-15-6-2-3-10-19(15)21/h2-14,23-24,26,33H,1H3/t23-,24+,26-/m1/s1. The predicted octanol–water partition coefficient (Wildman–Crippen LogP) is 5.28. The number of rotatable bonds is 5. The third-order valence-electron chi connectivity index (χ3n) is 7.03. The average Bonchev–Trinajstić information content (AvgIpc) is 3.45. The van der Waals surface area contributed by atoms with E-state index in [1.165, 1.54) is 30.4 Å². The van der Waals surface area contributed by atoms with Crippen molar-refractivity contribution in [3.63, 3.8) is 0 Å².